The van der Waals surface area contributed by atoms with Crippen LogP contribution in [-0.4, -0.2) is 23.0 Å². The van der Waals surface area contributed by atoms with Gasteiger partial charge in [-0.05, 0) is 25.1 Å². The lowest BCUT2D eigenvalue weighted by atomic mass is 10.2. The van der Waals surface area contributed by atoms with Gasteiger partial charge in [0.2, 0.25) is 0 Å². The number of halogens is 2. The number of anilines is 1. The van der Waals surface area contributed by atoms with Crippen LogP contribution in [0, 0.1) is 11.6 Å². The lowest BCUT2D eigenvalue weighted by Crippen LogP contribution is -2.29. The largest absolute Gasteiger partial charge is 0.453 e. The van der Waals surface area contributed by atoms with Gasteiger partial charge in [-0.25, -0.2) is 13.8 Å². The smallest absolute Gasteiger partial charge is 0.303 e. The number of thiazole rings is 1. The highest BCUT2D eigenvalue weighted by Crippen LogP contribution is 2.26. The fourth-order valence-electron chi connectivity index (χ4n) is 1.63. The molecule has 5 nitrogen and oxygen atoms in total. The molecular weight excluding hydrogens is 314 g/mol. The van der Waals surface area contributed by atoms with Crippen LogP contribution in [0.2, 0.25) is 0 Å². The van der Waals surface area contributed by atoms with Crippen LogP contribution >= 0.6 is 11.3 Å². The van der Waals surface area contributed by atoms with E-state index in [1.54, 1.807) is 5.38 Å². The topological polar surface area (TPSA) is 68.3 Å². The summed E-state index contributed by atoms with van der Waals surface area (Å²) in [6.45, 7) is 2.63. The summed E-state index contributed by atoms with van der Waals surface area (Å²) in [6.07, 6.45) is -0.951. The Bertz CT molecular complexity index is 718. The maximum Gasteiger partial charge on any atom is 0.303 e. The van der Waals surface area contributed by atoms with E-state index in [-0.39, 0.29) is 5.13 Å². The van der Waals surface area contributed by atoms with Gasteiger partial charge >= 0.3 is 5.97 Å². The number of nitrogens with zero attached hydrogens (tertiary/aromatic N) is 1. The molecule has 1 heterocycles. The highest BCUT2D eigenvalue weighted by atomic mass is 32.1. The molecule has 8 heteroatoms. The van der Waals surface area contributed by atoms with Gasteiger partial charge in [0.25, 0.3) is 5.91 Å². The molecule has 0 aliphatic carbocycles. The maximum atomic E-state index is 13.2. The summed E-state index contributed by atoms with van der Waals surface area (Å²) in [6, 6.07) is 3.42. The molecule has 22 heavy (non-hydrogen) atoms. The maximum absolute atomic E-state index is 13.2. The number of amides is 1. The Labute approximate surface area is 128 Å². The van der Waals surface area contributed by atoms with Gasteiger partial charge in [0.15, 0.2) is 22.9 Å². The number of nitrogens with one attached hydrogen (secondary N) is 1. The third-order valence-corrected chi connectivity index (χ3v) is 3.42. The predicted octanol–water partition coefficient (Wildman–Crippen LogP) is 2.98. The first-order valence-electron chi connectivity index (χ1n) is 6.26. The number of esters is 1. The molecule has 2 rings (SSSR count). The van der Waals surface area contributed by atoms with E-state index in [0.717, 1.165) is 23.5 Å². The first-order chi connectivity index (χ1) is 10.4. The average molecular weight is 326 g/mol. The van der Waals surface area contributed by atoms with E-state index >= 15 is 0 Å². The number of carbonyl (C=O) groups excluding carboxylic acids is 2. The van der Waals surface area contributed by atoms with Gasteiger partial charge in [0, 0.05) is 17.9 Å². The number of carbonyl (C=O) groups is 2. The fourth-order valence-corrected chi connectivity index (χ4v) is 2.35. The Morgan fingerprint density at radius 2 is 2.05 bits per heavy atom. The van der Waals surface area contributed by atoms with E-state index < -0.39 is 29.6 Å². The van der Waals surface area contributed by atoms with Gasteiger partial charge in [-0.3, -0.25) is 14.9 Å². The second-order valence-corrected chi connectivity index (χ2v) is 5.27. The number of aromatic nitrogens is 1. The van der Waals surface area contributed by atoms with Crippen molar-refractivity contribution < 1.29 is 23.1 Å². The Balaban J connectivity index is 2.09. The Morgan fingerprint density at radius 3 is 2.68 bits per heavy atom. The van der Waals surface area contributed by atoms with Gasteiger partial charge < -0.3 is 4.74 Å². The van der Waals surface area contributed by atoms with Gasteiger partial charge in [0.1, 0.15) is 0 Å². The van der Waals surface area contributed by atoms with Crippen LogP contribution in [0.3, 0.4) is 0 Å². The van der Waals surface area contributed by atoms with E-state index in [1.807, 2.05) is 0 Å². The monoisotopic (exact) mass is 326 g/mol. The molecule has 0 aliphatic heterocycles. The van der Waals surface area contributed by atoms with Crippen molar-refractivity contribution in [3.8, 4) is 11.3 Å². The van der Waals surface area contributed by atoms with Crippen LogP contribution in [0.5, 0.6) is 0 Å². The third-order valence-electron chi connectivity index (χ3n) is 2.66. The summed E-state index contributed by atoms with van der Waals surface area (Å²) in [7, 11) is 0. The summed E-state index contributed by atoms with van der Waals surface area (Å²) in [4.78, 5) is 26.6. The van der Waals surface area contributed by atoms with Crippen molar-refractivity contribution >= 4 is 28.3 Å². The minimum atomic E-state index is -0.973. The zero-order valence-electron chi connectivity index (χ0n) is 11.7. The van der Waals surface area contributed by atoms with Crippen LogP contribution < -0.4 is 5.32 Å². The molecule has 0 aliphatic rings. The van der Waals surface area contributed by atoms with E-state index in [4.69, 9.17) is 4.74 Å². The number of ether oxygens (including phenoxy) is 1. The van der Waals surface area contributed by atoms with Crippen molar-refractivity contribution in [2.75, 3.05) is 5.32 Å². The zero-order chi connectivity index (χ0) is 16.3. The van der Waals surface area contributed by atoms with Crippen molar-refractivity contribution in [1.29, 1.82) is 0 Å². The lowest BCUT2D eigenvalue weighted by molar-refractivity contribution is -0.150. The molecule has 0 unspecified atom stereocenters. The van der Waals surface area contributed by atoms with Crippen molar-refractivity contribution in [3.63, 3.8) is 0 Å². The number of hydrogen-bond acceptors (Lipinski definition) is 5. The molecule has 0 radical (unpaired) electrons. The van der Waals surface area contributed by atoms with Crippen molar-refractivity contribution in [2.45, 2.75) is 20.0 Å². The number of benzene rings is 1. The lowest BCUT2D eigenvalue weighted by Gasteiger charge is -2.10. The van der Waals surface area contributed by atoms with E-state index in [1.165, 1.54) is 19.9 Å². The summed E-state index contributed by atoms with van der Waals surface area (Å²) in [5.74, 6) is -3.01. The van der Waals surface area contributed by atoms with Crippen LogP contribution in [0.15, 0.2) is 23.6 Å². The highest BCUT2D eigenvalue weighted by Gasteiger charge is 2.17. The quantitative estimate of drug-likeness (QED) is 0.877. The van der Waals surface area contributed by atoms with Crippen LogP contribution in [-0.2, 0) is 14.3 Å². The Hall–Kier alpha value is -2.35. The van der Waals surface area contributed by atoms with Gasteiger partial charge in [-0.15, -0.1) is 11.3 Å². The van der Waals surface area contributed by atoms with Crippen molar-refractivity contribution in [2.24, 2.45) is 0 Å². The highest BCUT2D eigenvalue weighted by molar-refractivity contribution is 7.14. The molecule has 2 aromatic rings. The van der Waals surface area contributed by atoms with Crippen LogP contribution in [0.25, 0.3) is 11.3 Å². The Morgan fingerprint density at radius 1 is 1.32 bits per heavy atom. The molecule has 0 spiro atoms. The molecule has 0 saturated carbocycles. The van der Waals surface area contributed by atoms with Crippen LogP contribution in [0.4, 0.5) is 13.9 Å². The number of rotatable bonds is 4. The average Bonchev–Trinajstić information content (AvgIpc) is 2.89. The molecular formula is C14H12F2N2O3S. The summed E-state index contributed by atoms with van der Waals surface area (Å²) < 4.78 is 30.8. The summed E-state index contributed by atoms with van der Waals surface area (Å²) in [5, 5.41) is 4.35. The number of hydrogen-bond donors (Lipinski definition) is 1. The molecule has 0 saturated heterocycles. The normalized spacial score (nSPS) is 11.8. The molecule has 0 bridgehead atoms. The van der Waals surface area contributed by atoms with Gasteiger partial charge in [-0.1, -0.05) is 0 Å². The fraction of sp³-hybridized carbons (Fsp3) is 0.214. The zero-order valence-corrected chi connectivity index (χ0v) is 12.5. The third kappa shape index (κ3) is 3.85. The molecule has 1 aromatic carbocycles. The molecule has 1 amide bonds. The molecule has 1 aromatic heterocycles. The molecule has 1 N–H and O–H groups in total. The summed E-state index contributed by atoms with van der Waals surface area (Å²) in [5.41, 5.74) is 0.794. The van der Waals surface area contributed by atoms with E-state index in [2.05, 4.69) is 10.3 Å². The molecule has 116 valence electrons. The first-order valence-corrected chi connectivity index (χ1v) is 7.14. The predicted molar refractivity (Wildman–Crippen MR) is 77.3 cm³/mol. The van der Waals surface area contributed by atoms with Crippen molar-refractivity contribution in [3.05, 3.63) is 35.2 Å². The van der Waals surface area contributed by atoms with E-state index in [0.29, 0.717) is 11.3 Å². The van der Waals surface area contributed by atoms with Gasteiger partial charge in [-0.2, -0.15) is 0 Å². The van der Waals surface area contributed by atoms with Gasteiger partial charge in [0.05, 0.1) is 5.69 Å². The van der Waals surface area contributed by atoms with Crippen LogP contribution in [0.1, 0.15) is 13.8 Å². The second kappa shape index (κ2) is 6.61. The Kier molecular flexibility index (Phi) is 4.81. The van der Waals surface area contributed by atoms with Crippen molar-refractivity contribution in [1.82, 2.24) is 4.98 Å². The SMILES string of the molecule is CC(=O)O[C@@H](C)C(=O)Nc1nc(-c2ccc(F)c(F)c2)cs1. The molecule has 0 fully saturated rings. The molecule has 1 atom stereocenters. The second-order valence-electron chi connectivity index (χ2n) is 4.41. The summed E-state index contributed by atoms with van der Waals surface area (Å²) >= 11 is 1.12. The minimum absolute atomic E-state index is 0.267. The van der Waals surface area contributed by atoms with E-state index in [9.17, 15) is 18.4 Å². The standard InChI is InChI=1S/C14H12F2N2O3S/c1-7(21-8(2)19)13(20)18-14-17-12(6-22-14)9-3-4-10(15)11(16)5-9/h3-7H,1-2H3,(H,17,18,20)/t7-/m0/s1. The minimum Gasteiger partial charge on any atom is -0.453 e. The first kappa shape index (κ1) is 16.0.